The molecule has 112 valence electrons. The second-order valence-corrected chi connectivity index (χ2v) is 5.58. The van der Waals surface area contributed by atoms with Crippen LogP contribution in [0, 0.1) is 5.92 Å². The zero-order valence-corrected chi connectivity index (χ0v) is 12.9. The number of piperidine rings is 1. The number of ether oxygens (including phenoxy) is 1. The third-order valence-electron chi connectivity index (χ3n) is 4.21. The summed E-state index contributed by atoms with van der Waals surface area (Å²) < 4.78 is 5.16. The van der Waals surface area contributed by atoms with Crippen LogP contribution >= 0.6 is 0 Å². The molecule has 0 aromatic carbocycles. The minimum Gasteiger partial charge on any atom is -0.383 e. The molecule has 0 saturated carbocycles. The molecule has 0 aliphatic carbocycles. The first-order valence-corrected chi connectivity index (χ1v) is 7.66. The summed E-state index contributed by atoms with van der Waals surface area (Å²) in [5.41, 5.74) is 0. The lowest BCUT2D eigenvalue weighted by molar-refractivity contribution is -0.139. The molecule has 0 bridgehead atoms. The van der Waals surface area contributed by atoms with Crippen molar-refractivity contribution in [1.82, 2.24) is 10.2 Å². The number of hydrogen-bond acceptors (Lipinski definition) is 3. The predicted octanol–water partition coefficient (Wildman–Crippen LogP) is 2.04. The molecule has 1 rings (SSSR count). The van der Waals surface area contributed by atoms with E-state index < -0.39 is 0 Å². The Labute approximate surface area is 117 Å². The van der Waals surface area contributed by atoms with E-state index in [1.807, 2.05) is 4.90 Å². The van der Waals surface area contributed by atoms with Gasteiger partial charge in [-0.25, -0.2) is 0 Å². The summed E-state index contributed by atoms with van der Waals surface area (Å²) in [6.07, 6.45) is 4.14. The van der Waals surface area contributed by atoms with Crippen LogP contribution in [-0.4, -0.2) is 49.7 Å². The van der Waals surface area contributed by atoms with Crippen molar-refractivity contribution >= 4 is 5.91 Å². The van der Waals surface area contributed by atoms with Crippen LogP contribution in [0.5, 0.6) is 0 Å². The normalized spacial score (nSPS) is 23.6. The van der Waals surface area contributed by atoms with E-state index >= 15 is 0 Å². The van der Waals surface area contributed by atoms with Crippen molar-refractivity contribution in [2.45, 2.75) is 58.5 Å². The molecule has 2 atom stereocenters. The summed E-state index contributed by atoms with van der Waals surface area (Å²) in [5.74, 6) is 0.457. The van der Waals surface area contributed by atoms with Crippen molar-refractivity contribution < 1.29 is 9.53 Å². The van der Waals surface area contributed by atoms with Crippen LogP contribution in [0.3, 0.4) is 0 Å². The van der Waals surface area contributed by atoms with E-state index in [-0.39, 0.29) is 5.92 Å². The first-order valence-electron chi connectivity index (χ1n) is 7.66. The maximum absolute atomic E-state index is 12.7. The molecule has 1 amide bonds. The van der Waals surface area contributed by atoms with E-state index in [4.69, 9.17) is 4.74 Å². The van der Waals surface area contributed by atoms with Crippen LogP contribution in [0.4, 0.5) is 0 Å². The van der Waals surface area contributed by atoms with E-state index in [1.54, 1.807) is 7.11 Å². The van der Waals surface area contributed by atoms with Gasteiger partial charge in [0, 0.05) is 32.3 Å². The summed E-state index contributed by atoms with van der Waals surface area (Å²) in [6.45, 7) is 8.66. The van der Waals surface area contributed by atoms with Gasteiger partial charge in [0.2, 0.25) is 5.91 Å². The van der Waals surface area contributed by atoms with Crippen molar-refractivity contribution in [3.05, 3.63) is 0 Å². The second-order valence-electron chi connectivity index (χ2n) is 5.58. The average Bonchev–Trinajstić information content (AvgIpc) is 2.43. The molecular weight excluding hydrogens is 240 g/mol. The van der Waals surface area contributed by atoms with Gasteiger partial charge in [-0.15, -0.1) is 0 Å². The molecule has 1 saturated heterocycles. The maximum atomic E-state index is 12.7. The van der Waals surface area contributed by atoms with Crippen molar-refractivity contribution in [2.75, 3.05) is 26.8 Å². The van der Waals surface area contributed by atoms with Gasteiger partial charge >= 0.3 is 0 Å². The number of hydrogen-bond donors (Lipinski definition) is 1. The van der Waals surface area contributed by atoms with E-state index in [9.17, 15) is 4.79 Å². The minimum absolute atomic E-state index is 0.147. The monoisotopic (exact) mass is 270 g/mol. The summed E-state index contributed by atoms with van der Waals surface area (Å²) in [5, 5.41) is 3.42. The molecule has 1 heterocycles. The van der Waals surface area contributed by atoms with E-state index in [1.165, 1.54) is 0 Å². The Kier molecular flexibility index (Phi) is 7.39. The molecule has 1 aliphatic rings. The fourth-order valence-corrected chi connectivity index (χ4v) is 2.84. The summed E-state index contributed by atoms with van der Waals surface area (Å²) >= 11 is 0. The SMILES string of the molecule is CCC(CC)N(CCOC)C(=O)C1CCC(C)NC1. The maximum Gasteiger partial charge on any atom is 0.227 e. The molecule has 4 heteroatoms. The zero-order valence-electron chi connectivity index (χ0n) is 12.9. The first-order chi connectivity index (χ1) is 9.13. The van der Waals surface area contributed by atoms with Gasteiger partial charge in [-0.3, -0.25) is 4.79 Å². The Bertz CT molecular complexity index is 259. The van der Waals surface area contributed by atoms with E-state index in [0.29, 0.717) is 31.1 Å². The van der Waals surface area contributed by atoms with Crippen LogP contribution in [-0.2, 0) is 9.53 Å². The van der Waals surface area contributed by atoms with Crippen LogP contribution in [0.2, 0.25) is 0 Å². The topological polar surface area (TPSA) is 41.6 Å². The highest BCUT2D eigenvalue weighted by Crippen LogP contribution is 2.20. The number of methoxy groups -OCH3 is 1. The molecule has 2 unspecified atom stereocenters. The lowest BCUT2D eigenvalue weighted by Gasteiger charge is -2.36. The summed E-state index contributed by atoms with van der Waals surface area (Å²) in [6, 6.07) is 0.895. The Hall–Kier alpha value is -0.610. The number of amides is 1. The van der Waals surface area contributed by atoms with Gasteiger partial charge in [0.15, 0.2) is 0 Å². The molecule has 0 aromatic rings. The van der Waals surface area contributed by atoms with Gasteiger partial charge in [0.1, 0.15) is 0 Å². The molecule has 1 aliphatic heterocycles. The summed E-state index contributed by atoms with van der Waals surface area (Å²) in [7, 11) is 1.69. The molecule has 0 aromatic heterocycles. The number of carbonyl (C=O) groups is 1. The Morgan fingerprint density at radius 1 is 1.37 bits per heavy atom. The molecule has 4 nitrogen and oxygen atoms in total. The Balaban J connectivity index is 2.64. The highest BCUT2D eigenvalue weighted by Gasteiger charge is 2.30. The second kappa shape index (κ2) is 8.54. The van der Waals surface area contributed by atoms with Gasteiger partial charge in [-0.05, 0) is 32.6 Å². The first kappa shape index (κ1) is 16.4. The van der Waals surface area contributed by atoms with Gasteiger partial charge in [0.25, 0.3) is 0 Å². The van der Waals surface area contributed by atoms with E-state index in [0.717, 1.165) is 32.2 Å². The van der Waals surface area contributed by atoms with Crippen molar-refractivity contribution in [2.24, 2.45) is 5.92 Å². The van der Waals surface area contributed by atoms with Crippen LogP contribution in [0.15, 0.2) is 0 Å². The van der Waals surface area contributed by atoms with Gasteiger partial charge < -0.3 is 15.0 Å². The van der Waals surface area contributed by atoms with E-state index in [2.05, 4.69) is 26.1 Å². The van der Waals surface area contributed by atoms with Gasteiger partial charge in [-0.2, -0.15) is 0 Å². The van der Waals surface area contributed by atoms with Crippen LogP contribution in [0.25, 0.3) is 0 Å². The number of nitrogens with one attached hydrogen (secondary N) is 1. The molecule has 0 spiro atoms. The standard InChI is InChI=1S/C15H30N2O2/c1-5-14(6-2)17(9-10-19-4)15(18)13-8-7-12(3)16-11-13/h12-14,16H,5-11H2,1-4H3. The molecule has 1 fully saturated rings. The average molecular weight is 270 g/mol. The Morgan fingerprint density at radius 2 is 2.05 bits per heavy atom. The minimum atomic E-state index is 0.147. The number of nitrogens with zero attached hydrogens (tertiary/aromatic N) is 1. The largest absolute Gasteiger partial charge is 0.383 e. The highest BCUT2D eigenvalue weighted by atomic mass is 16.5. The molecular formula is C15H30N2O2. The Morgan fingerprint density at radius 3 is 2.53 bits per heavy atom. The zero-order chi connectivity index (χ0) is 14.3. The van der Waals surface area contributed by atoms with Gasteiger partial charge in [0.05, 0.1) is 12.5 Å². The fourth-order valence-electron chi connectivity index (χ4n) is 2.84. The smallest absolute Gasteiger partial charge is 0.227 e. The predicted molar refractivity (Wildman–Crippen MR) is 78.1 cm³/mol. The quantitative estimate of drug-likeness (QED) is 0.770. The number of carbonyl (C=O) groups excluding carboxylic acids is 1. The molecule has 1 N–H and O–H groups in total. The molecule has 0 radical (unpaired) electrons. The molecule has 19 heavy (non-hydrogen) atoms. The van der Waals surface area contributed by atoms with Crippen molar-refractivity contribution in [3.8, 4) is 0 Å². The van der Waals surface area contributed by atoms with Crippen LogP contribution in [0.1, 0.15) is 46.5 Å². The van der Waals surface area contributed by atoms with Crippen molar-refractivity contribution in [3.63, 3.8) is 0 Å². The third-order valence-corrected chi connectivity index (χ3v) is 4.21. The summed E-state index contributed by atoms with van der Waals surface area (Å²) in [4.78, 5) is 14.7. The third kappa shape index (κ3) is 4.77. The van der Waals surface area contributed by atoms with Crippen molar-refractivity contribution in [1.29, 1.82) is 0 Å². The number of rotatable bonds is 7. The lowest BCUT2D eigenvalue weighted by Crippen LogP contribution is -2.49. The van der Waals surface area contributed by atoms with Crippen LogP contribution < -0.4 is 5.32 Å². The highest BCUT2D eigenvalue weighted by molar-refractivity contribution is 5.79. The lowest BCUT2D eigenvalue weighted by atomic mass is 9.93. The van der Waals surface area contributed by atoms with Gasteiger partial charge in [-0.1, -0.05) is 13.8 Å². The fraction of sp³-hybridized carbons (Fsp3) is 0.933.